The number of nitrogens with one attached hydrogen (secondary N) is 4. The van der Waals surface area contributed by atoms with Crippen LogP contribution in [0.15, 0.2) is 92.8 Å². The molecular weight excluding hydrogens is 1170 g/mol. The van der Waals surface area contributed by atoms with E-state index in [1.165, 1.54) is 49.1 Å². The number of amidine groups is 4. The molecule has 20 atom stereocenters. The van der Waals surface area contributed by atoms with Crippen LogP contribution in [-0.2, 0) is 41.6 Å². The van der Waals surface area contributed by atoms with Gasteiger partial charge in [0.25, 0.3) is 0 Å². The fourth-order valence-electron chi connectivity index (χ4n) is 11.0. The van der Waals surface area contributed by atoms with Crippen molar-refractivity contribution in [2.75, 3.05) is 42.4 Å². The van der Waals surface area contributed by atoms with E-state index in [4.69, 9.17) is 37.9 Å². The molecule has 8 saturated heterocycles. The number of benzene rings is 2. The Labute approximate surface area is 510 Å². The average Bonchev–Trinajstić information content (AvgIpc) is 2.51. The van der Waals surface area contributed by atoms with E-state index in [9.17, 15) is 29.2 Å². The molecule has 0 saturated carbocycles. The van der Waals surface area contributed by atoms with Gasteiger partial charge in [-0.3, -0.25) is 20.0 Å². The first-order valence-corrected chi connectivity index (χ1v) is 31.4. The molecule has 10 rings (SSSR count). The van der Waals surface area contributed by atoms with Crippen molar-refractivity contribution in [1.82, 2.24) is 21.3 Å². The Balaban J connectivity index is 0.000000164. The Hall–Kier alpha value is -3.74. The van der Waals surface area contributed by atoms with E-state index in [1.807, 2.05) is 62.4 Å². The van der Waals surface area contributed by atoms with Crippen molar-refractivity contribution in [3.05, 3.63) is 84.0 Å². The third-order valence-electron chi connectivity index (χ3n) is 15.5. The molecule has 0 aromatic heterocycles. The molecule has 0 amide bonds. The second-order valence-electron chi connectivity index (χ2n) is 22.7. The maximum absolute atomic E-state index is 14.7. The van der Waals surface area contributed by atoms with Gasteiger partial charge in [0.1, 0.15) is 81.2 Å². The van der Waals surface area contributed by atoms with E-state index in [0.29, 0.717) is 24.0 Å². The van der Waals surface area contributed by atoms with Gasteiger partial charge in [0.15, 0.2) is 20.7 Å². The molecule has 84 heavy (non-hydrogen) atoms. The van der Waals surface area contributed by atoms with Gasteiger partial charge >= 0.3 is 0 Å². The van der Waals surface area contributed by atoms with Crippen LogP contribution in [0.5, 0.6) is 11.5 Å². The van der Waals surface area contributed by atoms with Crippen LogP contribution >= 0.6 is 47.0 Å². The first kappa shape index (κ1) is 67.8. The molecule has 0 unspecified atom stereocenters. The molecule has 8 fully saturated rings. The number of methoxy groups -OCH3 is 2. The summed E-state index contributed by atoms with van der Waals surface area (Å²) >= 11 is 5.85. The number of hydrogen-bond donors (Lipinski definition) is 8. The highest BCUT2D eigenvalue weighted by Crippen LogP contribution is 2.44. The second-order valence-corrected chi connectivity index (χ2v) is 27.1. The molecular formula is C58H86F2N8O12S4. The molecule has 0 spiro atoms. The Morgan fingerprint density at radius 3 is 1.23 bits per heavy atom. The number of aliphatic hydroxyl groups is 4. The molecule has 468 valence electrons. The van der Waals surface area contributed by atoms with Crippen LogP contribution in [0.2, 0.25) is 0 Å². The monoisotopic (exact) mass is 1250 g/mol. The highest BCUT2D eigenvalue weighted by Gasteiger charge is 2.55. The largest absolute Gasteiger partial charge is 0.497 e. The first-order valence-electron chi connectivity index (χ1n) is 27.9. The summed E-state index contributed by atoms with van der Waals surface area (Å²) in [6, 6.07) is 15.0. The van der Waals surface area contributed by atoms with Gasteiger partial charge in [-0.2, -0.15) is 0 Å². The normalized spacial score (nSPS) is 37.7. The quantitative estimate of drug-likeness (QED) is 0.111. The van der Waals surface area contributed by atoms with Crippen molar-refractivity contribution in [3.63, 3.8) is 0 Å². The number of halogens is 2. The van der Waals surface area contributed by atoms with Crippen molar-refractivity contribution in [1.29, 1.82) is 0 Å². The van der Waals surface area contributed by atoms with Gasteiger partial charge in [-0.25, -0.2) is 8.78 Å². The van der Waals surface area contributed by atoms with Gasteiger partial charge in [-0.1, -0.05) is 104 Å². The molecule has 2 aromatic rings. The van der Waals surface area contributed by atoms with Gasteiger partial charge in [-0.05, 0) is 82.5 Å². The minimum atomic E-state index is -1.71. The van der Waals surface area contributed by atoms with Crippen molar-refractivity contribution >= 4 is 67.7 Å². The summed E-state index contributed by atoms with van der Waals surface area (Å²) < 4.78 is 75.2. The molecule has 0 radical (unpaired) electrons. The van der Waals surface area contributed by atoms with Crippen molar-refractivity contribution in [2.45, 2.75) is 187 Å². The number of hydrogen-bond acceptors (Lipinski definition) is 20. The zero-order chi connectivity index (χ0) is 61.5. The van der Waals surface area contributed by atoms with Crippen LogP contribution in [0, 0.1) is 11.8 Å². The van der Waals surface area contributed by atoms with Crippen molar-refractivity contribution in [2.24, 2.45) is 31.8 Å². The zero-order valence-electron chi connectivity index (χ0n) is 50.2. The number of nitrogens with zero attached hydrogens (tertiary/aromatic N) is 4. The van der Waals surface area contributed by atoms with Crippen molar-refractivity contribution in [3.8, 4) is 11.5 Å². The summed E-state index contributed by atoms with van der Waals surface area (Å²) in [5.41, 5.74) is -0.0881. The second kappa shape index (κ2) is 29.5. The fraction of sp³-hybridized carbons (Fsp3) is 0.655. The number of alkyl halides is 2. The maximum Gasteiger partial charge on any atom is 0.159 e. The third kappa shape index (κ3) is 16.1. The van der Waals surface area contributed by atoms with Gasteiger partial charge in [0.05, 0.1) is 76.0 Å². The van der Waals surface area contributed by atoms with Gasteiger partial charge < -0.3 is 79.6 Å². The Morgan fingerprint density at radius 1 is 0.512 bits per heavy atom. The number of aliphatic imine (C=N–C) groups is 4. The van der Waals surface area contributed by atoms with Crippen LogP contribution < -0.4 is 30.7 Å². The van der Waals surface area contributed by atoms with E-state index >= 15 is 0 Å². The molecule has 2 aromatic carbocycles. The maximum atomic E-state index is 14.7. The van der Waals surface area contributed by atoms with Gasteiger partial charge in [-0.15, -0.1) is 0 Å². The molecule has 8 heterocycles. The fourth-order valence-corrected chi connectivity index (χ4v) is 15.3. The Bertz CT molecular complexity index is 2650. The van der Waals surface area contributed by atoms with Crippen LogP contribution in [-0.4, -0.2) is 202 Å². The highest BCUT2D eigenvalue weighted by molar-refractivity contribution is 8.15. The van der Waals surface area contributed by atoms with Crippen LogP contribution in [0.4, 0.5) is 8.78 Å². The molecule has 0 aliphatic carbocycles. The lowest BCUT2D eigenvalue weighted by Gasteiger charge is -2.45. The summed E-state index contributed by atoms with van der Waals surface area (Å²) in [5, 5.41) is 55.6. The zero-order valence-corrected chi connectivity index (χ0v) is 53.5. The molecule has 8 aliphatic rings. The number of ether oxygens (including phenoxy) is 8. The van der Waals surface area contributed by atoms with Crippen LogP contribution in [0.3, 0.4) is 0 Å². The minimum absolute atomic E-state index is 0.00235. The van der Waals surface area contributed by atoms with Crippen LogP contribution in [0.1, 0.15) is 66.5 Å². The number of thioether (sulfide) groups is 4. The van der Waals surface area contributed by atoms with E-state index in [1.54, 1.807) is 74.9 Å². The Kier molecular flexibility index (Phi) is 23.8. The van der Waals surface area contributed by atoms with E-state index in [-0.39, 0.29) is 64.6 Å². The van der Waals surface area contributed by atoms with Gasteiger partial charge in [0, 0.05) is 40.0 Å². The number of fused-ring (bicyclic) bond motifs is 4. The first-order chi connectivity index (χ1) is 39.7. The topological polar surface area (TPSA) is 252 Å². The minimum Gasteiger partial charge on any atom is -0.497 e. The average molecular weight is 1250 g/mol. The highest BCUT2D eigenvalue weighted by atomic mass is 32.2. The van der Waals surface area contributed by atoms with E-state index in [2.05, 4.69) is 61.3 Å². The predicted octanol–water partition coefficient (Wildman–Crippen LogP) is 6.16. The lowest BCUT2D eigenvalue weighted by atomic mass is 9.83. The van der Waals surface area contributed by atoms with E-state index < -0.39 is 65.5 Å². The SMILES string of the molecule is C=C(C)[C@H]1O[C@@H]2SC(=NC)N[C@@H]2[C@@H](O)[C@@H]1O.C=C(C)[C@H]1O[C@@H]2SC(=NC)N[C@@H]2[C@@H](OCc2ccc(OC)cc2)[C@@H]1C.CN=C1N[C@@H]2[C@@H](O)[C@H](O)[C@@H](C(C)(C)F)O[C@@H]2S1.CN=C1N[C@@H]2[C@@H](OCc3ccc(OC)cc3)[C@H](C)[C@@H](C(C)(C)F)O[C@@H]2S1. The molecule has 8 aliphatic heterocycles. The smallest absolute Gasteiger partial charge is 0.159 e. The van der Waals surface area contributed by atoms with Gasteiger partial charge in [0.2, 0.25) is 0 Å². The molecule has 0 bridgehead atoms. The summed E-state index contributed by atoms with van der Waals surface area (Å²) in [6.07, 6.45) is -6.37. The lowest BCUT2D eigenvalue weighted by molar-refractivity contribution is -0.193. The van der Waals surface area contributed by atoms with Crippen LogP contribution in [0.25, 0.3) is 0 Å². The summed E-state index contributed by atoms with van der Waals surface area (Å²) in [6.45, 7) is 22.6. The molecule has 8 N–H and O–H groups in total. The summed E-state index contributed by atoms with van der Waals surface area (Å²) in [5.74, 6) is 1.77. The molecule has 20 nitrogen and oxygen atoms in total. The lowest BCUT2D eigenvalue weighted by Crippen LogP contribution is -2.62. The number of aliphatic hydroxyl groups excluding tert-OH is 4. The standard InChI is InChI=1S/C19H27FN2O3S.C19H26N2O3S.C10H17FN2O3S.C10H16N2O3S/c1-11-15(24-10-12-6-8-13(23-5)9-7-12)14-17(26-18(21-4)22-14)25-16(11)19(2,3)20;1-11(2)16-12(3)17(15-18(24-16)25-19(20-4)21-15)23-10-13-6-8-14(22-5)9-7-13;1-10(2,11)7-6(15)5(14)4-8(16-7)17-9(12-3)13-4;1-4(2)8-7(14)6(13)5-9(15-8)16-10(11-3)12-5/h6-9,11,14-17H,10H2,1-5H3,(H,21,22);6-9,12,15-18H,1,10H2,2-5H3,(H,20,21);4-8,14-15H,1-3H3,(H,12,13);5-9,13-14H,1H2,2-3H3,(H,11,12)/t11-,14+,15-,16-,17+;12-,15-,16-,17+,18-;4-,5-,6+,7+,8-;5-,6-,7+,8-,9-/m0111/s1. The predicted molar refractivity (Wildman–Crippen MR) is 332 cm³/mol. The van der Waals surface area contributed by atoms with Crippen molar-refractivity contribution < 1.29 is 67.1 Å². The Morgan fingerprint density at radius 2 is 0.845 bits per heavy atom. The summed E-state index contributed by atoms with van der Waals surface area (Å²) in [4.78, 5) is 16.5. The third-order valence-corrected chi connectivity index (χ3v) is 20.1. The molecule has 26 heteroatoms. The number of rotatable bonds is 12. The van der Waals surface area contributed by atoms with E-state index in [0.717, 1.165) is 43.7 Å². The summed E-state index contributed by atoms with van der Waals surface area (Å²) in [7, 11) is 10.1.